The van der Waals surface area contributed by atoms with Crippen LogP contribution in [0.3, 0.4) is 0 Å². The largest absolute Gasteiger partial charge is 0.413 e. The number of nitrogens with zero attached hydrogens (tertiary/aromatic N) is 1. The highest BCUT2D eigenvalue weighted by Gasteiger charge is 2.49. The molecule has 110 valence electrons. The molecule has 0 aromatic rings. The summed E-state index contributed by atoms with van der Waals surface area (Å²) in [6.07, 6.45) is 4.71. The van der Waals surface area contributed by atoms with E-state index in [1.807, 2.05) is 0 Å². The van der Waals surface area contributed by atoms with Crippen LogP contribution in [0.25, 0.3) is 0 Å². The molecule has 3 nitrogen and oxygen atoms in total. The van der Waals surface area contributed by atoms with Gasteiger partial charge in [0.05, 0.1) is 12.0 Å². The Morgan fingerprint density at radius 2 is 1.89 bits per heavy atom. The highest BCUT2D eigenvalue weighted by Crippen LogP contribution is 2.43. The van der Waals surface area contributed by atoms with Crippen LogP contribution in [0.1, 0.15) is 40.0 Å². The summed E-state index contributed by atoms with van der Waals surface area (Å²) in [6.45, 7) is 11.4. The van der Waals surface area contributed by atoms with E-state index in [9.17, 15) is 4.79 Å². The molecule has 2 fully saturated rings. The first-order chi connectivity index (χ1) is 8.67. The van der Waals surface area contributed by atoms with Crippen LogP contribution in [0.4, 0.5) is 0 Å². The molecule has 2 saturated heterocycles. The second-order valence-corrected chi connectivity index (χ2v) is 12.6. The Hall–Kier alpha value is -0.193. The maximum absolute atomic E-state index is 11.5. The molecule has 0 amide bonds. The Labute approximate surface area is 118 Å². The molecule has 0 aliphatic carbocycles. The van der Waals surface area contributed by atoms with Crippen molar-refractivity contribution in [1.29, 1.82) is 0 Å². The standard InChI is InChI=1S/C15H29NO2Si/c1-15(2,3)19(5,6)18-14-9-11-7-8-13(16(11)4)12(14)10-17/h10-14H,7-9H2,1-6H3/t11-,12+,13+,14-/m0/s1. The molecule has 2 bridgehead atoms. The lowest BCUT2D eigenvalue weighted by atomic mass is 9.89. The van der Waals surface area contributed by atoms with E-state index in [1.54, 1.807) is 0 Å². The smallest absolute Gasteiger partial charge is 0.192 e. The van der Waals surface area contributed by atoms with Gasteiger partial charge in [-0.05, 0) is 44.4 Å². The molecule has 0 aromatic carbocycles. The van der Waals surface area contributed by atoms with Crippen molar-refractivity contribution in [1.82, 2.24) is 4.90 Å². The van der Waals surface area contributed by atoms with Crippen molar-refractivity contribution in [2.24, 2.45) is 5.92 Å². The first-order valence-corrected chi connectivity index (χ1v) is 10.4. The minimum absolute atomic E-state index is 0.0675. The zero-order valence-electron chi connectivity index (χ0n) is 13.3. The third kappa shape index (κ3) is 2.67. The molecule has 0 radical (unpaired) electrons. The SMILES string of the molecule is CN1[C@H]2CC[C@@H]1[C@@H](C=O)[C@@H](O[Si](C)(C)C(C)(C)C)C2. The Kier molecular flexibility index (Phi) is 3.98. The van der Waals surface area contributed by atoms with Gasteiger partial charge in [0.25, 0.3) is 0 Å². The summed E-state index contributed by atoms with van der Waals surface area (Å²) in [6, 6.07) is 1.03. The summed E-state index contributed by atoms with van der Waals surface area (Å²) < 4.78 is 6.56. The zero-order chi connectivity index (χ0) is 14.4. The predicted octanol–water partition coefficient (Wildman–Crippen LogP) is 3.06. The molecule has 0 saturated carbocycles. The van der Waals surface area contributed by atoms with Gasteiger partial charge >= 0.3 is 0 Å². The van der Waals surface area contributed by atoms with Crippen molar-refractivity contribution >= 4 is 14.6 Å². The minimum atomic E-state index is -1.78. The summed E-state index contributed by atoms with van der Waals surface area (Å²) in [4.78, 5) is 14.0. The second kappa shape index (κ2) is 4.97. The normalized spacial score (nSPS) is 36.5. The molecule has 4 heteroatoms. The quantitative estimate of drug-likeness (QED) is 0.589. The maximum atomic E-state index is 11.5. The fourth-order valence-electron chi connectivity index (χ4n) is 3.32. The second-order valence-electron chi connectivity index (χ2n) is 7.83. The van der Waals surface area contributed by atoms with Gasteiger partial charge in [-0.25, -0.2) is 0 Å². The average Bonchev–Trinajstić information content (AvgIpc) is 2.54. The van der Waals surface area contributed by atoms with Crippen LogP contribution in [0, 0.1) is 5.92 Å². The van der Waals surface area contributed by atoms with Crippen LogP contribution >= 0.6 is 0 Å². The van der Waals surface area contributed by atoms with Crippen molar-refractivity contribution in [2.75, 3.05) is 7.05 Å². The molecule has 0 aromatic heterocycles. The van der Waals surface area contributed by atoms with Gasteiger partial charge in [-0.3, -0.25) is 4.90 Å². The fraction of sp³-hybridized carbons (Fsp3) is 0.933. The molecule has 0 N–H and O–H groups in total. The van der Waals surface area contributed by atoms with E-state index in [-0.39, 0.29) is 17.1 Å². The van der Waals surface area contributed by atoms with Gasteiger partial charge in [0.2, 0.25) is 0 Å². The van der Waals surface area contributed by atoms with Crippen molar-refractivity contribution in [3.63, 3.8) is 0 Å². The predicted molar refractivity (Wildman–Crippen MR) is 80.8 cm³/mol. The van der Waals surface area contributed by atoms with Gasteiger partial charge < -0.3 is 9.22 Å². The maximum Gasteiger partial charge on any atom is 0.192 e. The van der Waals surface area contributed by atoms with Crippen molar-refractivity contribution in [2.45, 2.75) is 76.4 Å². The van der Waals surface area contributed by atoms with Gasteiger partial charge in [-0.15, -0.1) is 0 Å². The number of fused-ring (bicyclic) bond motifs is 2. The Morgan fingerprint density at radius 3 is 2.42 bits per heavy atom. The molecule has 2 aliphatic heterocycles. The lowest BCUT2D eigenvalue weighted by Gasteiger charge is -2.46. The number of rotatable bonds is 3. The summed E-state index contributed by atoms with van der Waals surface area (Å²) >= 11 is 0. The number of aldehydes is 1. The number of carbonyl (C=O) groups excluding carboxylic acids is 1. The number of piperidine rings is 1. The highest BCUT2D eigenvalue weighted by molar-refractivity contribution is 6.74. The molecule has 0 unspecified atom stereocenters. The third-order valence-corrected chi connectivity index (χ3v) is 10.2. The van der Waals surface area contributed by atoms with E-state index in [1.165, 1.54) is 6.42 Å². The minimum Gasteiger partial charge on any atom is -0.413 e. The zero-order valence-corrected chi connectivity index (χ0v) is 14.3. The van der Waals surface area contributed by atoms with E-state index >= 15 is 0 Å². The Morgan fingerprint density at radius 1 is 1.26 bits per heavy atom. The molecule has 2 aliphatic rings. The van der Waals surface area contributed by atoms with Gasteiger partial charge in [0.15, 0.2) is 8.32 Å². The van der Waals surface area contributed by atoms with Crippen LogP contribution in [0.5, 0.6) is 0 Å². The third-order valence-electron chi connectivity index (χ3n) is 5.68. The summed E-state index contributed by atoms with van der Waals surface area (Å²) in [7, 11) is 0.387. The Balaban J connectivity index is 2.15. The summed E-state index contributed by atoms with van der Waals surface area (Å²) in [5.74, 6) is 0.0675. The summed E-state index contributed by atoms with van der Waals surface area (Å²) in [5.41, 5.74) is 0. The molecular formula is C15H29NO2Si. The van der Waals surface area contributed by atoms with Gasteiger partial charge in [0, 0.05) is 12.1 Å². The topological polar surface area (TPSA) is 29.5 Å². The van der Waals surface area contributed by atoms with Gasteiger partial charge in [-0.2, -0.15) is 0 Å². The number of carbonyl (C=O) groups is 1. The van der Waals surface area contributed by atoms with Crippen molar-refractivity contribution < 1.29 is 9.22 Å². The van der Waals surface area contributed by atoms with Crippen LogP contribution < -0.4 is 0 Å². The number of hydrogen-bond donors (Lipinski definition) is 0. The number of hydrogen-bond acceptors (Lipinski definition) is 3. The van der Waals surface area contributed by atoms with E-state index < -0.39 is 8.32 Å². The lowest BCUT2D eigenvalue weighted by molar-refractivity contribution is -0.119. The highest BCUT2D eigenvalue weighted by atomic mass is 28.4. The van der Waals surface area contributed by atoms with Crippen LogP contribution in [0.2, 0.25) is 18.1 Å². The van der Waals surface area contributed by atoms with Gasteiger partial charge in [0.1, 0.15) is 6.29 Å². The molecular weight excluding hydrogens is 254 g/mol. The van der Waals surface area contributed by atoms with Gasteiger partial charge in [-0.1, -0.05) is 20.8 Å². The van der Waals surface area contributed by atoms with Crippen LogP contribution in [-0.2, 0) is 9.22 Å². The monoisotopic (exact) mass is 283 g/mol. The lowest BCUT2D eigenvalue weighted by Crippen LogP contribution is -2.55. The fourth-order valence-corrected chi connectivity index (χ4v) is 4.69. The van der Waals surface area contributed by atoms with Crippen LogP contribution in [0.15, 0.2) is 0 Å². The molecule has 4 atom stereocenters. The molecule has 2 rings (SSSR count). The van der Waals surface area contributed by atoms with E-state index in [0.29, 0.717) is 12.1 Å². The molecule has 19 heavy (non-hydrogen) atoms. The van der Waals surface area contributed by atoms with Crippen molar-refractivity contribution in [3.05, 3.63) is 0 Å². The molecule has 0 spiro atoms. The molecule has 2 heterocycles. The van der Waals surface area contributed by atoms with Crippen LogP contribution in [-0.4, -0.2) is 44.7 Å². The first kappa shape index (κ1) is 15.2. The average molecular weight is 283 g/mol. The summed E-state index contributed by atoms with van der Waals surface area (Å²) in [5, 5.41) is 0.211. The first-order valence-electron chi connectivity index (χ1n) is 7.52. The van der Waals surface area contributed by atoms with E-state index in [4.69, 9.17) is 4.43 Å². The Bertz CT molecular complexity index is 351. The van der Waals surface area contributed by atoms with E-state index in [2.05, 4.69) is 45.8 Å². The van der Waals surface area contributed by atoms with Crippen molar-refractivity contribution in [3.8, 4) is 0 Å². The van der Waals surface area contributed by atoms with E-state index in [0.717, 1.165) is 19.1 Å².